The Balaban J connectivity index is 1.59. The van der Waals surface area contributed by atoms with Crippen LogP contribution in [0.4, 0.5) is 0 Å². The molecule has 2 heterocycles. The van der Waals surface area contributed by atoms with Crippen molar-refractivity contribution in [1.29, 1.82) is 0 Å². The topological polar surface area (TPSA) is 29.9 Å². The molecule has 3 nitrogen and oxygen atoms in total. The second-order valence-corrected chi connectivity index (χ2v) is 6.19. The van der Waals surface area contributed by atoms with E-state index < -0.39 is 0 Å². The van der Waals surface area contributed by atoms with E-state index in [1.54, 1.807) is 0 Å². The lowest BCUT2D eigenvalue weighted by molar-refractivity contribution is 0.451. The predicted molar refractivity (Wildman–Crippen MR) is 86.8 cm³/mol. The van der Waals surface area contributed by atoms with Gasteiger partial charge in [0.1, 0.15) is 0 Å². The molecule has 2 aliphatic rings. The molecule has 22 heavy (non-hydrogen) atoms. The quantitative estimate of drug-likeness (QED) is 0.583. The van der Waals surface area contributed by atoms with Crippen molar-refractivity contribution in [1.82, 2.24) is 14.9 Å². The Labute approximate surface area is 129 Å². The molecular weight excluding hydrogens is 270 g/mol. The lowest BCUT2D eigenvalue weighted by Gasteiger charge is -2.27. The van der Waals surface area contributed by atoms with Gasteiger partial charge in [-0.1, -0.05) is 42.5 Å². The minimum atomic E-state index is 0.347. The molecule has 1 atom stereocenters. The Bertz CT molecular complexity index is 863. The highest BCUT2D eigenvalue weighted by molar-refractivity contribution is 5.77. The number of nitrogens with one attached hydrogen (secondary N) is 1. The number of benzene rings is 2. The summed E-state index contributed by atoms with van der Waals surface area (Å²) in [5.74, 6) is 0. The van der Waals surface area contributed by atoms with Crippen molar-refractivity contribution >= 4 is 0 Å². The summed E-state index contributed by atoms with van der Waals surface area (Å²) in [7, 11) is 0. The third-order valence-electron chi connectivity index (χ3n) is 4.93. The van der Waals surface area contributed by atoms with Crippen LogP contribution in [0, 0.1) is 0 Å². The van der Waals surface area contributed by atoms with Gasteiger partial charge in [-0.2, -0.15) is 0 Å². The molecule has 2 aromatic carbocycles. The first kappa shape index (κ1) is 12.2. The van der Waals surface area contributed by atoms with Crippen LogP contribution in [0.15, 0.2) is 55.0 Å². The van der Waals surface area contributed by atoms with E-state index in [0.29, 0.717) is 6.04 Å². The molecular formula is C19H17N3. The molecule has 0 saturated carbocycles. The number of fused-ring (bicyclic) bond motifs is 4. The summed E-state index contributed by atoms with van der Waals surface area (Å²) in [6, 6.07) is 16.0. The van der Waals surface area contributed by atoms with Crippen molar-refractivity contribution in [2.45, 2.75) is 19.0 Å². The number of hydrogen-bond acceptors (Lipinski definition) is 2. The van der Waals surface area contributed by atoms with Gasteiger partial charge in [-0.25, -0.2) is 4.98 Å². The molecule has 0 radical (unpaired) electrons. The largest absolute Gasteiger partial charge is 0.325 e. The van der Waals surface area contributed by atoms with Crippen molar-refractivity contribution < 1.29 is 0 Å². The lowest BCUT2D eigenvalue weighted by atomic mass is 9.98. The van der Waals surface area contributed by atoms with Gasteiger partial charge in [0.2, 0.25) is 0 Å². The Morgan fingerprint density at radius 1 is 1.05 bits per heavy atom. The van der Waals surface area contributed by atoms with Crippen LogP contribution >= 0.6 is 0 Å². The molecule has 5 rings (SSSR count). The SMILES string of the molecule is c1ccc2c(c1)Cc1cc(C3CNCc4cncn43)ccc1-2. The maximum absolute atomic E-state index is 4.31. The van der Waals surface area contributed by atoms with Crippen LogP contribution in [0.3, 0.4) is 0 Å². The maximum Gasteiger partial charge on any atom is 0.0954 e. The lowest BCUT2D eigenvalue weighted by Crippen LogP contribution is -2.33. The van der Waals surface area contributed by atoms with Crippen LogP contribution in [0.1, 0.15) is 28.4 Å². The van der Waals surface area contributed by atoms with Crippen molar-refractivity contribution in [3.8, 4) is 11.1 Å². The number of imidazole rings is 1. The molecule has 3 aromatic rings. The van der Waals surface area contributed by atoms with Crippen molar-refractivity contribution in [3.63, 3.8) is 0 Å². The normalized spacial score (nSPS) is 18.6. The Kier molecular flexibility index (Phi) is 2.52. The molecule has 108 valence electrons. The van der Waals surface area contributed by atoms with Crippen LogP contribution in [-0.4, -0.2) is 16.1 Å². The maximum atomic E-state index is 4.31. The van der Waals surface area contributed by atoms with E-state index in [4.69, 9.17) is 0 Å². The molecule has 1 aromatic heterocycles. The average molecular weight is 287 g/mol. The van der Waals surface area contributed by atoms with E-state index in [-0.39, 0.29) is 0 Å². The fraction of sp³-hybridized carbons (Fsp3) is 0.211. The third kappa shape index (κ3) is 1.69. The Morgan fingerprint density at radius 2 is 1.95 bits per heavy atom. The van der Waals surface area contributed by atoms with Gasteiger partial charge in [-0.15, -0.1) is 0 Å². The Morgan fingerprint density at radius 3 is 2.95 bits per heavy atom. The summed E-state index contributed by atoms with van der Waals surface area (Å²) >= 11 is 0. The van der Waals surface area contributed by atoms with Crippen LogP contribution in [0.2, 0.25) is 0 Å². The van der Waals surface area contributed by atoms with E-state index in [2.05, 4.69) is 57.3 Å². The molecule has 0 fully saturated rings. The zero-order chi connectivity index (χ0) is 14.5. The number of hydrogen-bond donors (Lipinski definition) is 1. The third-order valence-corrected chi connectivity index (χ3v) is 4.93. The summed E-state index contributed by atoms with van der Waals surface area (Å²) in [4.78, 5) is 4.31. The number of nitrogens with zero attached hydrogens (tertiary/aromatic N) is 2. The van der Waals surface area contributed by atoms with Crippen LogP contribution < -0.4 is 5.32 Å². The van der Waals surface area contributed by atoms with Gasteiger partial charge in [0.15, 0.2) is 0 Å². The fourth-order valence-electron chi connectivity index (χ4n) is 3.84. The number of rotatable bonds is 1. The predicted octanol–water partition coefficient (Wildman–Crippen LogP) is 3.15. The molecule has 0 saturated heterocycles. The summed E-state index contributed by atoms with van der Waals surface area (Å²) < 4.78 is 2.31. The zero-order valence-corrected chi connectivity index (χ0v) is 12.3. The molecule has 3 heteroatoms. The molecule has 0 spiro atoms. The van der Waals surface area contributed by atoms with E-state index in [1.807, 2.05) is 12.5 Å². The average Bonchev–Trinajstić information content (AvgIpc) is 3.18. The smallest absolute Gasteiger partial charge is 0.0954 e. The first-order valence-corrected chi connectivity index (χ1v) is 7.83. The minimum absolute atomic E-state index is 0.347. The zero-order valence-electron chi connectivity index (χ0n) is 12.3. The van der Waals surface area contributed by atoms with E-state index in [9.17, 15) is 0 Å². The summed E-state index contributed by atoms with van der Waals surface area (Å²) in [5.41, 5.74) is 8.33. The van der Waals surface area contributed by atoms with Crippen LogP contribution in [0.25, 0.3) is 11.1 Å². The highest BCUT2D eigenvalue weighted by Crippen LogP contribution is 2.38. The molecule has 1 N–H and O–H groups in total. The van der Waals surface area contributed by atoms with Gasteiger partial charge >= 0.3 is 0 Å². The minimum Gasteiger partial charge on any atom is -0.325 e. The van der Waals surface area contributed by atoms with E-state index in [1.165, 1.54) is 33.5 Å². The van der Waals surface area contributed by atoms with E-state index >= 15 is 0 Å². The molecule has 1 unspecified atom stereocenters. The summed E-state index contributed by atoms with van der Waals surface area (Å²) in [6.45, 7) is 1.88. The Hall–Kier alpha value is -2.39. The van der Waals surface area contributed by atoms with Crippen LogP contribution in [-0.2, 0) is 13.0 Å². The molecule has 0 bridgehead atoms. The highest BCUT2D eigenvalue weighted by Gasteiger charge is 2.23. The highest BCUT2D eigenvalue weighted by atomic mass is 15.1. The van der Waals surface area contributed by atoms with Gasteiger partial charge in [0, 0.05) is 19.3 Å². The van der Waals surface area contributed by atoms with Crippen molar-refractivity contribution in [2.75, 3.05) is 6.54 Å². The van der Waals surface area contributed by atoms with Gasteiger partial charge in [-0.3, -0.25) is 0 Å². The summed E-state index contributed by atoms with van der Waals surface area (Å²) in [5, 5.41) is 3.50. The first-order valence-electron chi connectivity index (χ1n) is 7.83. The summed E-state index contributed by atoms with van der Waals surface area (Å²) in [6.07, 6.45) is 4.97. The first-order chi connectivity index (χ1) is 10.9. The molecule has 1 aliphatic heterocycles. The van der Waals surface area contributed by atoms with Gasteiger partial charge in [-0.05, 0) is 34.2 Å². The second-order valence-electron chi connectivity index (χ2n) is 6.19. The monoisotopic (exact) mass is 287 g/mol. The van der Waals surface area contributed by atoms with Crippen molar-refractivity contribution in [2.24, 2.45) is 0 Å². The number of aromatic nitrogens is 2. The van der Waals surface area contributed by atoms with Crippen LogP contribution in [0.5, 0.6) is 0 Å². The van der Waals surface area contributed by atoms with E-state index in [0.717, 1.165) is 19.5 Å². The standard InChI is InChI=1S/C19H17N3/c1-2-4-17-13(3-1)7-15-8-14(5-6-18(15)17)19-11-20-9-16-10-21-12-22(16)19/h1-6,8,10,12,19-20H,7,9,11H2. The second kappa shape index (κ2) is 4.55. The van der Waals surface area contributed by atoms with Gasteiger partial charge in [0.05, 0.1) is 18.1 Å². The molecule has 0 amide bonds. The fourth-order valence-corrected chi connectivity index (χ4v) is 3.84. The van der Waals surface area contributed by atoms with Gasteiger partial charge in [0.25, 0.3) is 0 Å². The molecule has 1 aliphatic carbocycles. The van der Waals surface area contributed by atoms with Crippen molar-refractivity contribution in [3.05, 3.63) is 77.4 Å². The van der Waals surface area contributed by atoms with Gasteiger partial charge < -0.3 is 9.88 Å².